The molecule has 188 valence electrons. The summed E-state index contributed by atoms with van der Waals surface area (Å²) in [4.78, 5) is 16.1. The van der Waals surface area contributed by atoms with Gasteiger partial charge < -0.3 is 14.9 Å². The van der Waals surface area contributed by atoms with Crippen LogP contribution in [0.1, 0.15) is 43.1 Å². The van der Waals surface area contributed by atoms with Gasteiger partial charge in [-0.3, -0.25) is 4.90 Å². The number of morpholine rings is 1. The molecule has 0 bridgehead atoms. The van der Waals surface area contributed by atoms with Crippen LogP contribution >= 0.6 is 11.3 Å². The number of nitrogens with zero attached hydrogens (tertiary/aromatic N) is 7. The van der Waals surface area contributed by atoms with Crippen molar-refractivity contribution in [1.82, 2.24) is 34.0 Å². The maximum atomic E-state index is 6.14. The highest BCUT2D eigenvalue weighted by molar-refractivity contribution is 7.09. The Morgan fingerprint density at radius 2 is 1.97 bits per heavy atom. The van der Waals surface area contributed by atoms with Gasteiger partial charge in [-0.1, -0.05) is 19.9 Å². The molecule has 0 aromatic carbocycles. The second-order valence-electron chi connectivity index (χ2n) is 8.62. The summed E-state index contributed by atoms with van der Waals surface area (Å²) < 4.78 is 9.64. The number of aromatic nitrogens is 6. The molecule has 1 atom stereocenters. The number of fused-ring (bicyclic) bond motifs is 2. The first-order valence-corrected chi connectivity index (χ1v) is 13.3. The molecule has 10 heteroatoms. The third-order valence-electron chi connectivity index (χ3n) is 6.48. The van der Waals surface area contributed by atoms with E-state index in [1.54, 1.807) is 11.3 Å². The van der Waals surface area contributed by atoms with E-state index in [2.05, 4.69) is 56.0 Å². The molecule has 1 aliphatic heterocycles. The SMILES string of the molecule is CC.Cc1nn(C(C)c2cc3ccccn3c2-c2csc(CN3CCOCC3)n2)c2ncnc(N)c12. The van der Waals surface area contributed by atoms with Crippen LogP contribution < -0.4 is 5.73 Å². The van der Waals surface area contributed by atoms with E-state index in [0.717, 1.165) is 77.1 Å². The highest BCUT2D eigenvalue weighted by Crippen LogP contribution is 2.36. The van der Waals surface area contributed by atoms with Crippen molar-refractivity contribution in [1.29, 1.82) is 0 Å². The Morgan fingerprint density at radius 1 is 1.17 bits per heavy atom. The quantitative estimate of drug-likeness (QED) is 0.374. The topological polar surface area (TPSA) is 99.4 Å². The van der Waals surface area contributed by atoms with E-state index in [4.69, 9.17) is 20.6 Å². The summed E-state index contributed by atoms with van der Waals surface area (Å²) in [6.07, 6.45) is 3.59. The maximum Gasteiger partial charge on any atom is 0.164 e. The Balaban J connectivity index is 0.00000130. The van der Waals surface area contributed by atoms with Gasteiger partial charge in [-0.25, -0.2) is 19.6 Å². The molecule has 0 saturated carbocycles. The molecule has 1 aliphatic rings. The first kappa shape index (κ1) is 24.4. The summed E-state index contributed by atoms with van der Waals surface area (Å²) >= 11 is 1.71. The molecule has 1 saturated heterocycles. The largest absolute Gasteiger partial charge is 0.383 e. The Morgan fingerprint density at radius 3 is 2.78 bits per heavy atom. The van der Waals surface area contributed by atoms with Gasteiger partial charge in [0.2, 0.25) is 0 Å². The van der Waals surface area contributed by atoms with Crippen LogP contribution in [0.2, 0.25) is 0 Å². The summed E-state index contributed by atoms with van der Waals surface area (Å²) in [5, 5.41) is 8.88. The first-order chi connectivity index (χ1) is 17.6. The van der Waals surface area contributed by atoms with Crippen molar-refractivity contribution in [3.05, 3.63) is 58.4 Å². The first-order valence-electron chi connectivity index (χ1n) is 12.4. The Kier molecular flexibility index (Phi) is 6.99. The molecular weight excluding hydrogens is 472 g/mol. The van der Waals surface area contributed by atoms with E-state index in [1.165, 1.54) is 6.33 Å². The maximum absolute atomic E-state index is 6.14. The average molecular weight is 505 g/mol. The third-order valence-corrected chi connectivity index (χ3v) is 7.31. The highest BCUT2D eigenvalue weighted by atomic mass is 32.1. The summed E-state index contributed by atoms with van der Waals surface area (Å²) in [7, 11) is 0. The van der Waals surface area contributed by atoms with Crippen LogP contribution in [-0.2, 0) is 11.3 Å². The minimum absolute atomic E-state index is 0.0789. The standard InChI is InChI=1S/C24H26N8OS.C2H6/c1-15-21-23(25)26-14-27-24(21)32(29-15)16(2)18-11-17-5-3-4-6-31(17)22(18)19-13-34-20(28-19)12-30-7-9-33-10-8-30;1-2/h3-6,11,13-14,16H,7-10,12H2,1-2H3,(H2,25,26,27);1-2H3. The van der Waals surface area contributed by atoms with Crippen molar-refractivity contribution in [3.8, 4) is 11.4 Å². The number of nitrogen functional groups attached to an aromatic ring is 1. The highest BCUT2D eigenvalue weighted by Gasteiger charge is 2.24. The Bertz CT molecular complexity index is 1480. The van der Waals surface area contributed by atoms with E-state index < -0.39 is 0 Å². The van der Waals surface area contributed by atoms with Gasteiger partial charge in [0, 0.05) is 35.7 Å². The lowest BCUT2D eigenvalue weighted by Crippen LogP contribution is -2.35. The predicted molar refractivity (Wildman–Crippen MR) is 144 cm³/mol. The fraction of sp³-hybridized carbons (Fsp3) is 0.385. The van der Waals surface area contributed by atoms with Gasteiger partial charge in [0.15, 0.2) is 5.65 Å². The van der Waals surface area contributed by atoms with Crippen LogP contribution in [-0.4, -0.2) is 60.3 Å². The molecule has 9 nitrogen and oxygen atoms in total. The lowest BCUT2D eigenvalue weighted by Gasteiger charge is -2.25. The van der Waals surface area contributed by atoms with E-state index in [9.17, 15) is 0 Å². The zero-order valence-corrected chi connectivity index (χ0v) is 22.0. The second kappa shape index (κ2) is 10.3. The van der Waals surface area contributed by atoms with Crippen LogP contribution in [0.15, 0.2) is 42.2 Å². The normalized spacial score (nSPS) is 15.2. The molecule has 6 rings (SSSR count). The summed E-state index contributed by atoms with van der Waals surface area (Å²) in [5.74, 6) is 0.454. The van der Waals surface area contributed by atoms with Gasteiger partial charge in [0.1, 0.15) is 17.2 Å². The molecule has 5 aromatic heterocycles. The molecule has 0 amide bonds. The Labute approximate surface area is 214 Å². The van der Waals surface area contributed by atoms with E-state index in [1.807, 2.05) is 31.5 Å². The van der Waals surface area contributed by atoms with Crippen molar-refractivity contribution in [3.63, 3.8) is 0 Å². The minimum Gasteiger partial charge on any atom is -0.383 e. The molecule has 36 heavy (non-hydrogen) atoms. The van der Waals surface area contributed by atoms with Crippen LogP contribution in [0.4, 0.5) is 5.82 Å². The molecule has 1 unspecified atom stereocenters. The molecule has 0 spiro atoms. The lowest BCUT2D eigenvalue weighted by atomic mass is 10.1. The van der Waals surface area contributed by atoms with Crippen molar-refractivity contribution >= 4 is 33.7 Å². The van der Waals surface area contributed by atoms with Gasteiger partial charge in [-0.15, -0.1) is 11.3 Å². The molecule has 6 heterocycles. The number of thiazole rings is 1. The molecule has 2 N–H and O–H groups in total. The van der Waals surface area contributed by atoms with Gasteiger partial charge >= 0.3 is 0 Å². The van der Waals surface area contributed by atoms with Gasteiger partial charge in [-0.2, -0.15) is 5.10 Å². The number of anilines is 1. The number of rotatable bonds is 5. The predicted octanol–water partition coefficient (Wildman–Crippen LogP) is 4.56. The summed E-state index contributed by atoms with van der Waals surface area (Å²) in [5.41, 5.74) is 12.0. The lowest BCUT2D eigenvalue weighted by molar-refractivity contribution is 0.0342. The summed E-state index contributed by atoms with van der Waals surface area (Å²) in [6.45, 7) is 12.4. The van der Waals surface area contributed by atoms with E-state index in [0.29, 0.717) is 5.82 Å². The van der Waals surface area contributed by atoms with Crippen LogP contribution in [0.5, 0.6) is 0 Å². The zero-order valence-electron chi connectivity index (χ0n) is 21.2. The molecule has 1 fully saturated rings. The van der Waals surface area contributed by atoms with Crippen LogP contribution in [0.3, 0.4) is 0 Å². The molecule has 0 aliphatic carbocycles. The third kappa shape index (κ3) is 4.36. The van der Waals surface area contributed by atoms with E-state index >= 15 is 0 Å². The van der Waals surface area contributed by atoms with Crippen LogP contribution in [0, 0.1) is 6.92 Å². The number of hydrogen-bond acceptors (Lipinski definition) is 8. The minimum atomic E-state index is -0.0789. The molecular formula is C26H32N8OS. The van der Waals surface area contributed by atoms with Crippen molar-refractivity contribution in [2.75, 3.05) is 32.0 Å². The number of nitrogens with two attached hydrogens (primary N) is 1. The van der Waals surface area contributed by atoms with Crippen molar-refractivity contribution in [2.45, 2.75) is 40.3 Å². The number of pyridine rings is 1. The second-order valence-corrected chi connectivity index (χ2v) is 9.56. The number of aryl methyl sites for hydroxylation is 1. The van der Waals surface area contributed by atoms with Gasteiger partial charge in [0.25, 0.3) is 0 Å². The van der Waals surface area contributed by atoms with Gasteiger partial charge in [0.05, 0.1) is 48.3 Å². The smallest absolute Gasteiger partial charge is 0.164 e. The summed E-state index contributed by atoms with van der Waals surface area (Å²) in [6, 6.07) is 8.36. The van der Waals surface area contributed by atoms with Crippen LogP contribution in [0.25, 0.3) is 27.9 Å². The number of ether oxygens (including phenoxy) is 1. The van der Waals surface area contributed by atoms with E-state index in [-0.39, 0.29) is 6.04 Å². The van der Waals surface area contributed by atoms with Crippen molar-refractivity contribution in [2.24, 2.45) is 0 Å². The Hall–Kier alpha value is -3.34. The van der Waals surface area contributed by atoms with Gasteiger partial charge in [-0.05, 0) is 32.0 Å². The number of hydrogen-bond donors (Lipinski definition) is 1. The fourth-order valence-electron chi connectivity index (χ4n) is 4.75. The fourth-order valence-corrected chi connectivity index (χ4v) is 5.57. The monoisotopic (exact) mass is 504 g/mol. The zero-order chi connectivity index (χ0) is 25.2. The molecule has 0 radical (unpaired) electrons. The average Bonchev–Trinajstić information content (AvgIpc) is 3.61. The van der Waals surface area contributed by atoms with Crippen molar-refractivity contribution < 1.29 is 4.74 Å². The molecule has 5 aromatic rings.